The predicted octanol–water partition coefficient (Wildman–Crippen LogP) is 4.53. The third kappa shape index (κ3) is 3.80. The SMILES string of the molecule is Cc1ccc(N(CN2CCCC2=O)C(=O)c2ccccc2Cl)cc1Cl. The molecule has 0 N–H and O–H groups in total. The molecule has 0 atom stereocenters. The maximum absolute atomic E-state index is 13.1. The topological polar surface area (TPSA) is 40.6 Å². The van der Waals surface area contributed by atoms with Gasteiger partial charge in [-0.3, -0.25) is 14.5 Å². The number of halogens is 2. The van der Waals surface area contributed by atoms with Gasteiger partial charge in [0.1, 0.15) is 6.67 Å². The Hall–Kier alpha value is -2.04. The Morgan fingerprint density at radius 2 is 1.92 bits per heavy atom. The van der Waals surface area contributed by atoms with E-state index < -0.39 is 0 Å². The first-order valence-electron chi connectivity index (χ1n) is 8.07. The molecule has 0 aliphatic carbocycles. The van der Waals surface area contributed by atoms with Crippen molar-refractivity contribution in [3.63, 3.8) is 0 Å². The Balaban J connectivity index is 1.98. The lowest BCUT2D eigenvalue weighted by atomic mass is 10.1. The molecule has 0 spiro atoms. The summed E-state index contributed by atoms with van der Waals surface area (Å²) in [4.78, 5) is 28.4. The van der Waals surface area contributed by atoms with Gasteiger partial charge >= 0.3 is 0 Å². The first-order valence-corrected chi connectivity index (χ1v) is 8.83. The second kappa shape index (κ2) is 7.46. The number of carbonyl (C=O) groups excluding carboxylic acids is 2. The molecule has 4 nitrogen and oxygen atoms in total. The molecule has 3 rings (SSSR count). The highest BCUT2D eigenvalue weighted by atomic mass is 35.5. The van der Waals surface area contributed by atoms with Gasteiger partial charge in [0, 0.05) is 23.7 Å². The van der Waals surface area contributed by atoms with Crippen LogP contribution in [0.15, 0.2) is 42.5 Å². The van der Waals surface area contributed by atoms with Gasteiger partial charge in [-0.1, -0.05) is 41.4 Å². The largest absolute Gasteiger partial charge is 0.324 e. The first-order chi connectivity index (χ1) is 12.0. The number of amides is 2. The predicted molar refractivity (Wildman–Crippen MR) is 100 cm³/mol. The number of likely N-dealkylation sites (tertiary alicyclic amines) is 1. The monoisotopic (exact) mass is 376 g/mol. The van der Waals surface area contributed by atoms with E-state index >= 15 is 0 Å². The number of nitrogens with zero attached hydrogens (tertiary/aromatic N) is 2. The molecule has 0 radical (unpaired) electrons. The minimum Gasteiger partial charge on any atom is -0.324 e. The Kier molecular flexibility index (Phi) is 5.30. The molecule has 1 aliphatic heterocycles. The highest BCUT2D eigenvalue weighted by molar-refractivity contribution is 6.34. The van der Waals surface area contributed by atoms with Crippen molar-refractivity contribution in [2.45, 2.75) is 19.8 Å². The van der Waals surface area contributed by atoms with Gasteiger partial charge in [-0.15, -0.1) is 0 Å². The molecule has 0 bridgehead atoms. The fourth-order valence-corrected chi connectivity index (χ4v) is 3.21. The van der Waals surface area contributed by atoms with E-state index in [1.807, 2.05) is 19.1 Å². The van der Waals surface area contributed by atoms with Crippen LogP contribution in [0.3, 0.4) is 0 Å². The van der Waals surface area contributed by atoms with Crippen LogP contribution in [-0.4, -0.2) is 29.9 Å². The number of anilines is 1. The fourth-order valence-electron chi connectivity index (χ4n) is 2.82. The van der Waals surface area contributed by atoms with Crippen molar-refractivity contribution < 1.29 is 9.59 Å². The normalized spacial score (nSPS) is 14.0. The molecule has 130 valence electrons. The maximum Gasteiger partial charge on any atom is 0.261 e. The molecule has 1 heterocycles. The summed E-state index contributed by atoms with van der Waals surface area (Å²) in [6, 6.07) is 12.3. The van der Waals surface area contributed by atoms with E-state index in [9.17, 15) is 9.59 Å². The number of aryl methyl sites for hydroxylation is 1. The molecule has 2 amide bonds. The summed E-state index contributed by atoms with van der Waals surface area (Å²) in [5.74, 6) is -0.208. The lowest BCUT2D eigenvalue weighted by molar-refractivity contribution is -0.127. The minimum atomic E-state index is -0.259. The van der Waals surface area contributed by atoms with E-state index in [4.69, 9.17) is 23.2 Å². The van der Waals surface area contributed by atoms with Crippen LogP contribution < -0.4 is 4.90 Å². The van der Waals surface area contributed by atoms with Gasteiger partial charge in [-0.2, -0.15) is 0 Å². The van der Waals surface area contributed by atoms with Crippen molar-refractivity contribution in [3.05, 3.63) is 63.6 Å². The van der Waals surface area contributed by atoms with Gasteiger partial charge in [0.2, 0.25) is 5.91 Å². The van der Waals surface area contributed by atoms with E-state index in [-0.39, 0.29) is 18.5 Å². The van der Waals surface area contributed by atoms with Gasteiger partial charge in [-0.05, 0) is 43.2 Å². The van der Waals surface area contributed by atoms with E-state index in [0.717, 1.165) is 12.0 Å². The summed E-state index contributed by atoms with van der Waals surface area (Å²) in [6.07, 6.45) is 1.32. The quantitative estimate of drug-likeness (QED) is 0.786. The van der Waals surface area contributed by atoms with Crippen LogP contribution in [-0.2, 0) is 4.79 Å². The van der Waals surface area contributed by atoms with Crippen molar-refractivity contribution >= 4 is 40.7 Å². The molecular formula is C19H18Cl2N2O2. The lowest BCUT2D eigenvalue weighted by Gasteiger charge is -2.28. The second-order valence-electron chi connectivity index (χ2n) is 6.05. The smallest absolute Gasteiger partial charge is 0.261 e. The summed E-state index contributed by atoms with van der Waals surface area (Å²) in [6.45, 7) is 2.73. The average Bonchev–Trinajstić information content (AvgIpc) is 3.00. The third-order valence-electron chi connectivity index (χ3n) is 4.30. The van der Waals surface area contributed by atoms with Crippen LogP contribution in [0.4, 0.5) is 5.69 Å². The zero-order chi connectivity index (χ0) is 18.0. The van der Waals surface area contributed by atoms with Gasteiger partial charge in [0.05, 0.1) is 10.6 Å². The number of rotatable bonds is 4. The van der Waals surface area contributed by atoms with Crippen LogP contribution >= 0.6 is 23.2 Å². The Morgan fingerprint density at radius 1 is 1.16 bits per heavy atom. The number of hydrogen-bond donors (Lipinski definition) is 0. The summed E-state index contributed by atoms with van der Waals surface area (Å²) < 4.78 is 0. The van der Waals surface area contributed by atoms with Gasteiger partial charge in [0.25, 0.3) is 5.91 Å². The van der Waals surface area contributed by atoms with Gasteiger partial charge < -0.3 is 4.90 Å². The maximum atomic E-state index is 13.1. The summed E-state index contributed by atoms with van der Waals surface area (Å²) in [7, 11) is 0. The molecule has 25 heavy (non-hydrogen) atoms. The third-order valence-corrected chi connectivity index (χ3v) is 5.04. The van der Waals surface area contributed by atoms with E-state index in [0.29, 0.717) is 34.3 Å². The summed E-state index contributed by atoms with van der Waals surface area (Å²) >= 11 is 12.4. The molecule has 1 aliphatic rings. The average molecular weight is 377 g/mol. The zero-order valence-corrected chi connectivity index (χ0v) is 15.3. The standard InChI is InChI=1S/C19H18Cl2N2O2/c1-13-8-9-14(11-17(13)21)23(12-22-10-4-7-18(22)24)19(25)15-5-2-3-6-16(15)20/h2-3,5-6,8-9,11H,4,7,10,12H2,1H3. The molecule has 6 heteroatoms. The molecule has 1 saturated heterocycles. The van der Waals surface area contributed by atoms with Crippen LogP contribution in [0.2, 0.25) is 10.0 Å². The van der Waals surface area contributed by atoms with Crippen molar-refractivity contribution in [3.8, 4) is 0 Å². The van der Waals surface area contributed by atoms with E-state index in [2.05, 4.69) is 0 Å². The molecule has 2 aromatic carbocycles. The Bertz CT molecular complexity index is 823. The van der Waals surface area contributed by atoms with Gasteiger partial charge in [-0.25, -0.2) is 0 Å². The van der Waals surface area contributed by atoms with Crippen molar-refractivity contribution in [2.24, 2.45) is 0 Å². The van der Waals surface area contributed by atoms with Crippen LogP contribution in [0.1, 0.15) is 28.8 Å². The first kappa shape index (κ1) is 17.8. The molecule has 0 aromatic heterocycles. The molecule has 2 aromatic rings. The minimum absolute atomic E-state index is 0.0511. The lowest BCUT2D eigenvalue weighted by Crippen LogP contribution is -2.42. The molecule has 0 saturated carbocycles. The van der Waals surface area contributed by atoms with Gasteiger partial charge in [0.15, 0.2) is 0 Å². The summed E-state index contributed by atoms with van der Waals surface area (Å²) in [5.41, 5.74) is 1.96. The van der Waals surface area contributed by atoms with Crippen LogP contribution in [0.5, 0.6) is 0 Å². The van der Waals surface area contributed by atoms with Crippen LogP contribution in [0.25, 0.3) is 0 Å². The zero-order valence-electron chi connectivity index (χ0n) is 13.8. The molecule has 0 unspecified atom stereocenters. The van der Waals surface area contributed by atoms with Crippen LogP contribution in [0, 0.1) is 6.92 Å². The van der Waals surface area contributed by atoms with Crippen molar-refractivity contribution in [1.29, 1.82) is 0 Å². The Labute approximate surface area is 156 Å². The molecule has 1 fully saturated rings. The van der Waals surface area contributed by atoms with Crippen molar-refractivity contribution in [2.75, 3.05) is 18.1 Å². The fraction of sp³-hybridized carbons (Fsp3) is 0.263. The van der Waals surface area contributed by atoms with Crippen molar-refractivity contribution in [1.82, 2.24) is 4.90 Å². The highest BCUT2D eigenvalue weighted by Crippen LogP contribution is 2.27. The van der Waals surface area contributed by atoms with E-state index in [1.165, 1.54) is 0 Å². The number of carbonyl (C=O) groups is 2. The van der Waals surface area contributed by atoms with E-state index in [1.54, 1.807) is 40.1 Å². The highest BCUT2D eigenvalue weighted by Gasteiger charge is 2.27. The second-order valence-corrected chi connectivity index (χ2v) is 6.86. The Morgan fingerprint density at radius 3 is 2.56 bits per heavy atom. The number of hydrogen-bond acceptors (Lipinski definition) is 2. The summed E-state index contributed by atoms with van der Waals surface area (Å²) in [5, 5.41) is 0.950. The number of benzene rings is 2. The molecular weight excluding hydrogens is 359 g/mol.